The molecule has 2 N–H and O–H groups in total. The fourth-order valence-corrected chi connectivity index (χ4v) is 3.08. The van der Waals surface area contributed by atoms with Crippen molar-refractivity contribution in [3.05, 3.63) is 60.2 Å². The summed E-state index contributed by atoms with van der Waals surface area (Å²) in [5.74, 6) is 0.270. The van der Waals surface area contributed by atoms with Crippen LogP contribution in [0.3, 0.4) is 0 Å². The molecule has 4 nitrogen and oxygen atoms in total. The van der Waals surface area contributed by atoms with Crippen LogP contribution in [0, 0.1) is 0 Å². The van der Waals surface area contributed by atoms with E-state index in [1.807, 2.05) is 43.3 Å². The van der Waals surface area contributed by atoms with Gasteiger partial charge in [0.15, 0.2) is 0 Å². The summed E-state index contributed by atoms with van der Waals surface area (Å²) < 4.78 is 0. The summed E-state index contributed by atoms with van der Waals surface area (Å²) >= 11 is 4.25. The van der Waals surface area contributed by atoms with Crippen LogP contribution in [0.4, 0.5) is 5.69 Å². The van der Waals surface area contributed by atoms with Crippen LogP contribution in [0.15, 0.2) is 59.5 Å². The first-order chi connectivity index (χ1) is 12.0. The van der Waals surface area contributed by atoms with Crippen molar-refractivity contribution in [1.82, 2.24) is 4.90 Å². The summed E-state index contributed by atoms with van der Waals surface area (Å²) in [6, 6.07) is 14.5. The summed E-state index contributed by atoms with van der Waals surface area (Å²) in [6.07, 6.45) is 3.05. The number of hydrogen-bond acceptors (Lipinski definition) is 4. The molecule has 3 rings (SSSR count). The van der Waals surface area contributed by atoms with Gasteiger partial charge < -0.3 is 10.4 Å². The first-order valence-electron chi connectivity index (χ1n) is 8.35. The van der Waals surface area contributed by atoms with Gasteiger partial charge in [-0.2, -0.15) is 0 Å². The van der Waals surface area contributed by atoms with E-state index in [1.54, 1.807) is 12.1 Å². The summed E-state index contributed by atoms with van der Waals surface area (Å²) in [6.45, 7) is 3.50. The molecular formula is C20H22N2O2S. The molecule has 1 aliphatic heterocycles. The zero-order valence-electron chi connectivity index (χ0n) is 14.1. The van der Waals surface area contributed by atoms with Crippen LogP contribution in [-0.2, 0) is 4.79 Å². The number of phenols is 1. The highest BCUT2D eigenvalue weighted by Gasteiger charge is 2.23. The molecule has 2 aromatic rings. The lowest BCUT2D eigenvalue weighted by Gasteiger charge is -2.31. The number of carbonyl (C=O) groups excluding carboxylic acids is 1. The van der Waals surface area contributed by atoms with Crippen molar-refractivity contribution in [2.45, 2.75) is 24.3 Å². The van der Waals surface area contributed by atoms with Gasteiger partial charge in [0, 0.05) is 23.7 Å². The van der Waals surface area contributed by atoms with E-state index in [2.05, 4.69) is 28.9 Å². The second-order valence-corrected chi connectivity index (χ2v) is 6.75. The second-order valence-electron chi connectivity index (χ2n) is 6.23. The Balaban J connectivity index is 1.60. The number of nitrogens with zero attached hydrogens (tertiary/aromatic N) is 1. The number of carbonyl (C=O) groups is 1. The molecule has 0 spiro atoms. The van der Waals surface area contributed by atoms with Gasteiger partial charge in [0.05, 0.1) is 6.04 Å². The van der Waals surface area contributed by atoms with Gasteiger partial charge in [0.2, 0.25) is 5.91 Å². The topological polar surface area (TPSA) is 52.6 Å². The van der Waals surface area contributed by atoms with Crippen LogP contribution in [0.2, 0.25) is 0 Å². The molecule has 0 aromatic heterocycles. The Bertz CT molecular complexity index is 769. The van der Waals surface area contributed by atoms with Crippen LogP contribution >= 0.6 is 12.6 Å². The normalized spacial score (nSPS) is 16.2. The SMILES string of the molecule is CC(C(=O)Nc1ccc(S)cc1)N1CC=C(c2ccc(O)cc2)CC1. The third-order valence-corrected chi connectivity index (χ3v) is 4.84. The molecule has 0 bridgehead atoms. The van der Waals surface area contributed by atoms with Crippen LogP contribution in [0.1, 0.15) is 18.9 Å². The van der Waals surface area contributed by atoms with Gasteiger partial charge in [-0.1, -0.05) is 18.2 Å². The standard InChI is InChI=1S/C20H22N2O2S/c1-14(20(24)21-17-4-8-19(25)9-5-17)22-12-10-16(11-13-22)15-2-6-18(23)7-3-15/h2-10,14,23,25H,11-13H2,1H3,(H,21,24). The minimum Gasteiger partial charge on any atom is -0.508 e. The van der Waals surface area contributed by atoms with Crippen molar-refractivity contribution in [3.63, 3.8) is 0 Å². The zero-order valence-corrected chi connectivity index (χ0v) is 15.0. The monoisotopic (exact) mass is 354 g/mol. The van der Waals surface area contributed by atoms with E-state index in [0.29, 0.717) is 0 Å². The van der Waals surface area contributed by atoms with Crippen LogP contribution < -0.4 is 5.32 Å². The Morgan fingerprint density at radius 2 is 1.84 bits per heavy atom. The highest BCUT2D eigenvalue weighted by Crippen LogP contribution is 2.25. The summed E-state index contributed by atoms with van der Waals surface area (Å²) in [5, 5.41) is 12.3. The number of aromatic hydroxyl groups is 1. The molecule has 1 atom stereocenters. The van der Waals surface area contributed by atoms with Gasteiger partial charge >= 0.3 is 0 Å². The minimum absolute atomic E-state index is 0.00611. The molecule has 1 aliphatic rings. The molecule has 0 saturated heterocycles. The van der Waals surface area contributed by atoms with Crippen molar-refractivity contribution in [3.8, 4) is 5.75 Å². The number of rotatable bonds is 4. The number of hydrogen-bond donors (Lipinski definition) is 3. The Labute approximate surface area is 153 Å². The molecule has 0 aliphatic carbocycles. The summed E-state index contributed by atoms with van der Waals surface area (Å²) in [5.41, 5.74) is 3.17. The maximum absolute atomic E-state index is 12.5. The predicted octanol–water partition coefficient (Wildman–Crippen LogP) is 3.80. The van der Waals surface area contributed by atoms with Crippen LogP contribution in [0.5, 0.6) is 5.75 Å². The Hall–Kier alpha value is -2.24. The molecule has 1 amide bonds. The van der Waals surface area contributed by atoms with E-state index < -0.39 is 0 Å². The first-order valence-corrected chi connectivity index (χ1v) is 8.80. The number of amides is 1. The largest absolute Gasteiger partial charge is 0.508 e. The van der Waals surface area contributed by atoms with Crippen molar-refractivity contribution in [1.29, 1.82) is 0 Å². The van der Waals surface area contributed by atoms with Crippen molar-refractivity contribution in [2.75, 3.05) is 18.4 Å². The number of nitrogens with one attached hydrogen (secondary N) is 1. The van der Waals surface area contributed by atoms with Gasteiger partial charge in [-0.05, 0) is 60.9 Å². The molecule has 1 heterocycles. The van der Waals surface area contributed by atoms with Gasteiger partial charge in [0.1, 0.15) is 5.75 Å². The Morgan fingerprint density at radius 1 is 1.16 bits per heavy atom. The number of thiol groups is 1. The quantitative estimate of drug-likeness (QED) is 0.732. The average molecular weight is 354 g/mol. The molecule has 130 valence electrons. The molecule has 5 heteroatoms. The van der Waals surface area contributed by atoms with E-state index in [1.165, 1.54) is 5.57 Å². The molecule has 2 aromatic carbocycles. The van der Waals surface area contributed by atoms with Gasteiger partial charge in [0.25, 0.3) is 0 Å². The van der Waals surface area contributed by atoms with Gasteiger partial charge in [-0.3, -0.25) is 9.69 Å². The fourth-order valence-electron chi connectivity index (χ4n) is 2.93. The summed E-state index contributed by atoms with van der Waals surface area (Å²) in [7, 11) is 0. The highest BCUT2D eigenvalue weighted by atomic mass is 32.1. The molecule has 0 radical (unpaired) electrons. The second kappa shape index (κ2) is 7.76. The molecule has 0 fully saturated rings. The smallest absolute Gasteiger partial charge is 0.241 e. The van der Waals surface area contributed by atoms with E-state index in [9.17, 15) is 9.90 Å². The molecule has 25 heavy (non-hydrogen) atoms. The number of anilines is 1. The maximum atomic E-state index is 12.5. The fraction of sp³-hybridized carbons (Fsp3) is 0.250. The summed E-state index contributed by atoms with van der Waals surface area (Å²) in [4.78, 5) is 15.5. The predicted molar refractivity (Wildman–Crippen MR) is 104 cm³/mol. The lowest BCUT2D eigenvalue weighted by Crippen LogP contribution is -2.44. The van der Waals surface area contributed by atoms with E-state index in [0.717, 1.165) is 35.7 Å². The number of phenolic OH excluding ortho intramolecular Hbond substituents is 1. The molecule has 0 saturated carbocycles. The van der Waals surface area contributed by atoms with Crippen molar-refractivity contribution in [2.24, 2.45) is 0 Å². The zero-order chi connectivity index (χ0) is 17.8. The molecule has 1 unspecified atom stereocenters. The van der Waals surface area contributed by atoms with Gasteiger partial charge in [-0.25, -0.2) is 0 Å². The highest BCUT2D eigenvalue weighted by molar-refractivity contribution is 7.80. The van der Waals surface area contributed by atoms with Crippen LogP contribution in [-0.4, -0.2) is 35.0 Å². The maximum Gasteiger partial charge on any atom is 0.241 e. The van der Waals surface area contributed by atoms with Gasteiger partial charge in [-0.15, -0.1) is 12.6 Å². The lowest BCUT2D eigenvalue weighted by atomic mass is 9.98. The third-order valence-electron chi connectivity index (χ3n) is 4.54. The van der Waals surface area contributed by atoms with E-state index >= 15 is 0 Å². The average Bonchev–Trinajstić information content (AvgIpc) is 2.64. The molecular weight excluding hydrogens is 332 g/mol. The number of benzene rings is 2. The van der Waals surface area contributed by atoms with Crippen LogP contribution in [0.25, 0.3) is 5.57 Å². The Kier molecular flexibility index (Phi) is 5.46. The minimum atomic E-state index is -0.201. The first kappa shape index (κ1) is 17.6. The Morgan fingerprint density at radius 3 is 2.44 bits per heavy atom. The van der Waals surface area contributed by atoms with Crippen molar-refractivity contribution >= 4 is 29.8 Å². The lowest BCUT2D eigenvalue weighted by molar-refractivity contribution is -0.120. The van der Waals surface area contributed by atoms with E-state index in [4.69, 9.17) is 0 Å². The van der Waals surface area contributed by atoms with Crippen molar-refractivity contribution < 1.29 is 9.90 Å². The van der Waals surface area contributed by atoms with E-state index in [-0.39, 0.29) is 17.7 Å². The third kappa shape index (κ3) is 4.44.